The number of hydrogen-bond donors (Lipinski definition) is 2. The van der Waals surface area contributed by atoms with Gasteiger partial charge in [-0.3, -0.25) is 4.99 Å². The molecule has 0 atom stereocenters. The van der Waals surface area contributed by atoms with Gasteiger partial charge in [0, 0.05) is 45.0 Å². The summed E-state index contributed by atoms with van der Waals surface area (Å²) in [6.45, 7) is 5.41. The van der Waals surface area contributed by atoms with Gasteiger partial charge in [0.2, 0.25) is 0 Å². The maximum atomic E-state index is 4.70. The highest BCUT2D eigenvalue weighted by Gasteiger charge is 2.04. The van der Waals surface area contributed by atoms with Gasteiger partial charge in [0.25, 0.3) is 0 Å². The molecule has 1 heterocycles. The highest BCUT2D eigenvalue weighted by atomic mass is 15.2. The standard InChI is InChI=1S/C24H31N5/c1-2-25-24(27-16-9-14-21-10-5-3-6-11-21)28-17-15-23-26-18-19-29(23)20-22-12-7-4-8-13-22/h3-8,10-13,18-19H,2,9,14-17,20H2,1H3,(H2,25,27,28). The first-order valence-corrected chi connectivity index (χ1v) is 10.4. The van der Waals surface area contributed by atoms with Crippen LogP contribution in [0.25, 0.3) is 0 Å². The van der Waals surface area contributed by atoms with Crippen LogP contribution in [0, 0.1) is 0 Å². The summed E-state index contributed by atoms with van der Waals surface area (Å²) in [4.78, 5) is 9.23. The molecule has 0 bridgehead atoms. The molecular weight excluding hydrogens is 358 g/mol. The Labute approximate surface area is 173 Å². The van der Waals surface area contributed by atoms with Crippen LogP contribution in [-0.2, 0) is 19.4 Å². The molecule has 3 aromatic rings. The van der Waals surface area contributed by atoms with E-state index in [0.717, 1.165) is 57.2 Å². The summed E-state index contributed by atoms with van der Waals surface area (Å²) >= 11 is 0. The van der Waals surface area contributed by atoms with E-state index in [0.29, 0.717) is 0 Å². The lowest BCUT2D eigenvalue weighted by atomic mass is 10.1. The Bertz CT molecular complexity index is 855. The number of imidazole rings is 1. The lowest BCUT2D eigenvalue weighted by molar-refractivity contribution is 0.693. The van der Waals surface area contributed by atoms with Gasteiger partial charge in [-0.25, -0.2) is 4.98 Å². The van der Waals surface area contributed by atoms with Gasteiger partial charge < -0.3 is 15.2 Å². The predicted molar refractivity (Wildman–Crippen MR) is 120 cm³/mol. The van der Waals surface area contributed by atoms with Crippen LogP contribution in [0.2, 0.25) is 0 Å². The third kappa shape index (κ3) is 7.11. The summed E-state index contributed by atoms with van der Waals surface area (Å²) in [5.74, 6) is 1.96. The van der Waals surface area contributed by atoms with Crippen LogP contribution >= 0.6 is 0 Å². The fourth-order valence-corrected chi connectivity index (χ4v) is 3.25. The van der Waals surface area contributed by atoms with E-state index >= 15 is 0 Å². The topological polar surface area (TPSA) is 54.2 Å². The van der Waals surface area contributed by atoms with Crippen molar-refractivity contribution in [3.63, 3.8) is 0 Å². The molecule has 0 saturated heterocycles. The van der Waals surface area contributed by atoms with E-state index in [1.165, 1.54) is 11.1 Å². The molecular formula is C24H31N5. The molecule has 0 radical (unpaired) electrons. The van der Waals surface area contributed by atoms with Crippen LogP contribution < -0.4 is 10.6 Å². The number of nitrogens with zero attached hydrogens (tertiary/aromatic N) is 3. The summed E-state index contributed by atoms with van der Waals surface area (Å²) in [6, 6.07) is 21.1. The normalized spacial score (nSPS) is 11.4. The molecule has 2 aromatic carbocycles. The highest BCUT2D eigenvalue weighted by molar-refractivity contribution is 5.79. The zero-order chi connectivity index (χ0) is 20.2. The molecule has 0 aliphatic heterocycles. The average molecular weight is 390 g/mol. The van der Waals surface area contributed by atoms with Crippen LogP contribution in [0.1, 0.15) is 30.3 Å². The largest absolute Gasteiger partial charge is 0.357 e. The molecule has 0 spiro atoms. The van der Waals surface area contributed by atoms with Crippen LogP contribution in [0.15, 0.2) is 78.0 Å². The molecule has 0 aliphatic rings. The maximum absolute atomic E-state index is 4.70. The molecule has 29 heavy (non-hydrogen) atoms. The molecule has 3 rings (SSSR count). The monoisotopic (exact) mass is 389 g/mol. The summed E-state index contributed by atoms with van der Waals surface area (Å²) in [7, 11) is 0. The summed E-state index contributed by atoms with van der Waals surface area (Å²) < 4.78 is 2.21. The second kappa shape index (κ2) is 11.7. The van der Waals surface area contributed by atoms with Crippen molar-refractivity contribution in [3.8, 4) is 0 Å². The zero-order valence-electron chi connectivity index (χ0n) is 17.2. The fraction of sp³-hybridized carbons (Fsp3) is 0.333. The third-order valence-corrected chi connectivity index (χ3v) is 4.72. The van der Waals surface area contributed by atoms with Gasteiger partial charge in [0.1, 0.15) is 5.82 Å². The predicted octanol–water partition coefficient (Wildman–Crippen LogP) is 3.66. The molecule has 0 unspecified atom stereocenters. The number of aliphatic imine (C=N–C) groups is 1. The quantitative estimate of drug-likeness (QED) is 0.316. The van der Waals surface area contributed by atoms with Crippen LogP contribution in [-0.4, -0.2) is 35.1 Å². The van der Waals surface area contributed by atoms with Gasteiger partial charge in [0.05, 0.1) is 0 Å². The minimum absolute atomic E-state index is 0.802. The van der Waals surface area contributed by atoms with Crippen molar-refractivity contribution in [2.75, 3.05) is 19.6 Å². The Morgan fingerprint density at radius 3 is 2.38 bits per heavy atom. The number of aromatic nitrogens is 2. The van der Waals surface area contributed by atoms with Crippen molar-refractivity contribution in [1.82, 2.24) is 20.2 Å². The molecule has 0 amide bonds. The molecule has 5 heteroatoms. The van der Waals surface area contributed by atoms with Gasteiger partial charge in [-0.1, -0.05) is 60.7 Å². The molecule has 0 aliphatic carbocycles. The van der Waals surface area contributed by atoms with E-state index < -0.39 is 0 Å². The van der Waals surface area contributed by atoms with E-state index in [2.05, 4.69) is 81.7 Å². The minimum atomic E-state index is 0.802. The van der Waals surface area contributed by atoms with Crippen molar-refractivity contribution in [1.29, 1.82) is 0 Å². The van der Waals surface area contributed by atoms with Gasteiger partial charge >= 0.3 is 0 Å². The van der Waals surface area contributed by atoms with Crippen LogP contribution in [0.3, 0.4) is 0 Å². The van der Waals surface area contributed by atoms with Crippen LogP contribution in [0.4, 0.5) is 0 Å². The number of rotatable bonds is 10. The highest BCUT2D eigenvalue weighted by Crippen LogP contribution is 2.06. The third-order valence-electron chi connectivity index (χ3n) is 4.72. The number of benzene rings is 2. The van der Waals surface area contributed by atoms with Crippen LogP contribution in [0.5, 0.6) is 0 Å². The first-order chi connectivity index (χ1) is 14.3. The number of hydrogen-bond acceptors (Lipinski definition) is 2. The Morgan fingerprint density at radius 2 is 1.66 bits per heavy atom. The summed E-state index contributed by atoms with van der Waals surface area (Å²) in [5.41, 5.74) is 2.65. The number of nitrogens with one attached hydrogen (secondary N) is 2. The molecule has 5 nitrogen and oxygen atoms in total. The van der Waals surface area contributed by atoms with Gasteiger partial charge in [-0.2, -0.15) is 0 Å². The second-order valence-corrected chi connectivity index (χ2v) is 6.98. The van der Waals surface area contributed by atoms with E-state index in [9.17, 15) is 0 Å². The smallest absolute Gasteiger partial charge is 0.191 e. The fourth-order valence-electron chi connectivity index (χ4n) is 3.25. The minimum Gasteiger partial charge on any atom is -0.357 e. The van der Waals surface area contributed by atoms with E-state index in [1.807, 2.05) is 18.5 Å². The van der Waals surface area contributed by atoms with Gasteiger partial charge in [-0.05, 0) is 30.9 Å². The zero-order valence-corrected chi connectivity index (χ0v) is 17.2. The van der Waals surface area contributed by atoms with E-state index in [4.69, 9.17) is 4.99 Å². The SMILES string of the molecule is CCNC(=NCCCc1ccccc1)NCCc1nccn1Cc1ccccc1. The van der Waals surface area contributed by atoms with E-state index in [-0.39, 0.29) is 0 Å². The molecule has 152 valence electrons. The Kier molecular flexibility index (Phi) is 8.33. The Morgan fingerprint density at radius 1 is 0.931 bits per heavy atom. The Balaban J connectivity index is 1.45. The first-order valence-electron chi connectivity index (χ1n) is 10.4. The average Bonchev–Trinajstić information content (AvgIpc) is 3.19. The molecule has 0 saturated carbocycles. The van der Waals surface area contributed by atoms with Crippen molar-refractivity contribution in [2.24, 2.45) is 4.99 Å². The van der Waals surface area contributed by atoms with Crippen molar-refractivity contribution in [2.45, 2.75) is 32.7 Å². The second-order valence-electron chi connectivity index (χ2n) is 6.98. The van der Waals surface area contributed by atoms with Gasteiger partial charge in [0.15, 0.2) is 5.96 Å². The molecule has 1 aromatic heterocycles. The lowest BCUT2D eigenvalue weighted by Gasteiger charge is -2.12. The lowest BCUT2D eigenvalue weighted by Crippen LogP contribution is -2.38. The molecule has 2 N–H and O–H groups in total. The first kappa shape index (κ1) is 20.6. The van der Waals surface area contributed by atoms with Crippen molar-refractivity contribution >= 4 is 5.96 Å². The number of guanidine groups is 1. The molecule has 0 fully saturated rings. The van der Waals surface area contributed by atoms with E-state index in [1.54, 1.807) is 0 Å². The number of aryl methyl sites for hydroxylation is 1. The van der Waals surface area contributed by atoms with Gasteiger partial charge in [-0.15, -0.1) is 0 Å². The van der Waals surface area contributed by atoms with Crippen molar-refractivity contribution in [3.05, 3.63) is 90.0 Å². The maximum Gasteiger partial charge on any atom is 0.191 e. The summed E-state index contributed by atoms with van der Waals surface area (Å²) in [6.07, 6.45) is 6.88. The van der Waals surface area contributed by atoms with Crippen molar-refractivity contribution < 1.29 is 0 Å². The Hall–Kier alpha value is -3.08. The summed E-state index contributed by atoms with van der Waals surface area (Å²) in [5, 5.41) is 6.76.